The molecule has 1 unspecified atom stereocenters. The zero-order valence-corrected chi connectivity index (χ0v) is 13.2. The molecule has 0 aromatic rings. The second-order valence-electron chi connectivity index (χ2n) is 5.88. The van der Waals surface area contributed by atoms with Crippen molar-refractivity contribution < 1.29 is 18.3 Å². The SMILES string of the molecule is CC(NS(=O)(=O)N1CCC(C(=O)O)CC1)C1=CCCCC1. The topological polar surface area (TPSA) is 86.7 Å². The van der Waals surface area contributed by atoms with Crippen LogP contribution in [0.4, 0.5) is 0 Å². The largest absolute Gasteiger partial charge is 0.481 e. The summed E-state index contributed by atoms with van der Waals surface area (Å²) in [6.45, 7) is 2.43. The van der Waals surface area contributed by atoms with E-state index in [-0.39, 0.29) is 19.1 Å². The predicted molar refractivity (Wildman–Crippen MR) is 80.0 cm³/mol. The van der Waals surface area contributed by atoms with E-state index in [0.29, 0.717) is 12.8 Å². The average Bonchev–Trinajstić information content (AvgIpc) is 2.48. The molecule has 1 atom stereocenters. The second kappa shape index (κ2) is 6.89. The summed E-state index contributed by atoms with van der Waals surface area (Å²) in [7, 11) is -3.53. The van der Waals surface area contributed by atoms with Gasteiger partial charge in [-0.15, -0.1) is 0 Å². The molecule has 1 fully saturated rings. The number of nitrogens with zero attached hydrogens (tertiary/aromatic N) is 1. The summed E-state index contributed by atoms with van der Waals surface area (Å²) in [5, 5.41) is 8.95. The van der Waals surface area contributed by atoms with Crippen molar-refractivity contribution in [1.29, 1.82) is 0 Å². The van der Waals surface area contributed by atoms with Gasteiger partial charge in [-0.1, -0.05) is 11.6 Å². The standard InChI is InChI=1S/C14H24N2O4S/c1-11(12-5-3-2-4-6-12)15-21(19,20)16-9-7-13(8-10-16)14(17)18/h5,11,13,15H,2-4,6-10H2,1H3,(H,17,18). The lowest BCUT2D eigenvalue weighted by molar-refractivity contribution is -0.142. The molecular weight excluding hydrogens is 292 g/mol. The highest BCUT2D eigenvalue weighted by Crippen LogP contribution is 2.22. The third kappa shape index (κ3) is 4.28. The van der Waals surface area contributed by atoms with Crippen LogP contribution in [0.15, 0.2) is 11.6 Å². The fourth-order valence-corrected chi connectivity index (χ4v) is 4.41. The molecule has 21 heavy (non-hydrogen) atoms. The second-order valence-corrected chi connectivity index (χ2v) is 7.58. The van der Waals surface area contributed by atoms with Gasteiger partial charge in [0.05, 0.1) is 5.92 Å². The Bertz CT molecular complexity index is 507. The van der Waals surface area contributed by atoms with Crippen LogP contribution in [-0.4, -0.2) is 42.9 Å². The monoisotopic (exact) mass is 316 g/mol. The lowest BCUT2D eigenvalue weighted by atomic mass is 9.95. The molecule has 2 rings (SSSR count). The van der Waals surface area contributed by atoms with Gasteiger partial charge >= 0.3 is 5.97 Å². The Balaban J connectivity index is 1.93. The number of hydrogen-bond donors (Lipinski definition) is 2. The van der Waals surface area contributed by atoms with Crippen molar-refractivity contribution in [1.82, 2.24) is 9.03 Å². The summed E-state index contributed by atoms with van der Waals surface area (Å²) in [4.78, 5) is 10.9. The average molecular weight is 316 g/mol. The summed E-state index contributed by atoms with van der Waals surface area (Å²) in [5.74, 6) is -1.25. The Morgan fingerprint density at radius 1 is 1.38 bits per heavy atom. The zero-order chi connectivity index (χ0) is 15.5. The maximum absolute atomic E-state index is 12.4. The van der Waals surface area contributed by atoms with E-state index in [0.717, 1.165) is 24.8 Å². The molecule has 1 aliphatic heterocycles. The molecule has 120 valence electrons. The van der Waals surface area contributed by atoms with Crippen molar-refractivity contribution in [2.45, 2.75) is 51.5 Å². The van der Waals surface area contributed by atoms with Gasteiger partial charge in [0.1, 0.15) is 0 Å². The van der Waals surface area contributed by atoms with E-state index in [9.17, 15) is 13.2 Å². The molecular formula is C14H24N2O4S. The first-order valence-corrected chi connectivity index (χ1v) is 9.03. The minimum atomic E-state index is -3.53. The van der Waals surface area contributed by atoms with E-state index >= 15 is 0 Å². The van der Waals surface area contributed by atoms with Crippen molar-refractivity contribution in [3.05, 3.63) is 11.6 Å². The maximum Gasteiger partial charge on any atom is 0.306 e. The molecule has 0 amide bonds. The molecule has 2 N–H and O–H groups in total. The molecule has 6 nitrogen and oxygen atoms in total. The molecule has 0 saturated carbocycles. The Labute approximate surface area is 126 Å². The molecule has 0 radical (unpaired) electrons. The summed E-state index contributed by atoms with van der Waals surface area (Å²) in [6, 6.07) is -0.188. The van der Waals surface area contributed by atoms with Crippen LogP contribution >= 0.6 is 0 Å². The number of hydrogen-bond acceptors (Lipinski definition) is 3. The van der Waals surface area contributed by atoms with Crippen LogP contribution in [0.25, 0.3) is 0 Å². The highest BCUT2D eigenvalue weighted by Gasteiger charge is 2.32. The third-order valence-corrected chi connectivity index (χ3v) is 6.05. The molecule has 0 aromatic carbocycles. The quantitative estimate of drug-likeness (QED) is 0.753. The minimum absolute atomic E-state index is 0.188. The molecule has 7 heteroatoms. The highest BCUT2D eigenvalue weighted by atomic mass is 32.2. The van der Waals surface area contributed by atoms with Gasteiger partial charge in [-0.05, 0) is 45.4 Å². The molecule has 0 aromatic heterocycles. The number of carboxylic acids is 1. The van der Waals surface area contributed by atoms with E-state index in [1.54, 1.807) is 0 Å². The fraction of sp³-hybridized carbons (Fsp3) is 0.786. The van der Waals surface area contributed by atoms with Crippen molar-refractivity contribution in [3.8, 4) is 0 Å². The highest BCUT2D eigenvalue weighted by molar-refractivity contribution is 7.87. The molecule has 2 aliphatic rings. The number of rotatable bonds is 5. The van der Waals surface area contributed by atoms with Gasteiger partial charge in [-0.3, -0.25) is 4.79 Å². The summed E-state index contributed by atoms with van der Waals surface area (Å²) < 4.78 is 28.8. The summed E-state index contributed by atoms with van der Waals surface area (Å²) in [5.41, 5.74) is 1.16. The van der Waals surface area contributed by atoms with Crippen molar-refractivity contribution in [2.24, 2.45) is 5.92 Å². The summed E-state index contributed by atoms with van der Waals surface area (Å²) in [6.07, 6.45) is 7.15. The Morgan fingerprint density at radius 2 is 2.05 bits per heavy atom. The van der Waals surface area contributed by atoms with Crippen LogP contribution in [-0.2, 0) is 15.0 Å². The van der Waals surface area contributed by atoms with Crippen molar-refractivity contribution >= 4 is 16.2 Å². The van der Waals surface area contributed by atoms with E-state index in [1.165, 1.54) is 10.7 Å². The first-order chi connectivity index (χ1) is 9.90. The smallest absolute Gasteiger partial charge is 0.306 e. The van der Waals surface area contributed by atoms with E-state index in [1.807, 2.05) is 6.92 Å². The van der Waals surface area contributed by atoms with Gasteiger partial charge in [-0.2, -0.15) is 17.4 Å². The molecule has 1 heterocycles. The normalized spacial score (nSPS) is 23.6. The third-order valence-electron chi connectivity index (χ3n) is 4.35. The Kier molecular flexibility index (Phi) is 5.40. The van der Waals surface area contributed by atoms with E-state index in [4.69, 9.17) is 5.11 Å². The first kappa shape index (κ1) is 16.5. The van der Waals surface area contributed by atoms with Gasteiger partial charge in [-0.25, -0.2) is 0 Å². The lowest BCUT2D eigenvalue weighted by Crippen LogP contribution is -2.48. The van der Waals surface area contributed by atoms with Gasteiger partial charge in [0.25, 0.3) is 10.2 Å². The van der Waals surface area contributed by atoms with Gasteiger partial charge in [0.2, 0.25) is 0 Å². The minimum Gasteiger partial charge on any atom is -0.481 e. The van der Waals surface area contributed by atoms with E-state index in [2.05, 4.69) is 10.8 Å². The van der Waals surface area contributed by atoms with Crippen LogP contribution < -0.4 is 4.72 Å². The van der Waals surface area contributed by atoms with Crippen molar-refractivity contribution in [3.63, 3.8) is 0 Å². The van der Waals surface area contributed by atoms with Gasteiger partial charge < -0.3 is 5.11 Å². The number of carbonyl (C=O) groups is 1. The van der Waals surface area contributed by atoms with Crippen LogP contribution in [0.1, 0.15) is 45.4 Å². The number of allylic oxidation sites excluding steroid dienone is 1. The number of carboxylic acid groups (broad SMARTS) is 1. The Hall–Kier alpha value is -0.920. The molecule has 0 spiro atoms. The van der Waals surface area contributed by atoms with Crippen LogP contribution in [0.2, 0.25) is 0 Å². The van der Waals surface area contributed by atoms with Crippen LogP contribution in [0.5, 0.6) is 0 Å². The van der Waals surface area contributed by atoms with E-state index < -0.39 is 22.1 Å². The van der Waals surface area contributed by atoms with Gasteiger partial charge in [0, 0.05) is 19.1 Å². The molecule has 0 bridgehead atoms. The summed E-state index contributed by atoms with van der Waals surface area (Å²) >= 11 is 0. The van der Waals surface area contributed by atoms with Gasteiger partial charge in [0.15, 0.2) is 0 Å². The number of aliphatic carboxylic acids is 1. The molecule has 1 saturated heterocycles. The van der Waals surface area contributed by atoms with Crippen LogP contribution in [0, 0.1) is 5.92 Å². The van der Waals surface area contributed by atoms with Crippen molar-refractivity contribution in [2.75, 3.05) is 13.1 Å². The van der Waals surface area contributed by atoms with Crippen LogP contribution in [0.3, 0.4) is 0 Å². The number of nitrogens with one attached hydrogen (secondary N) is 1. The molecule has 1 aliphatic carbocycles. The predicted octanol–water partition coefficient (Wildman–Crippen LogP) is 1.51. The first-order valence-electron chi connectivity index (χ1n) is 7.59. The number of piperidine rings is 1. The Morgan fingerprint density at radius 3 is 2.57 bits per heavy atom. The maximum atomic E-state index is 12.4. The fourth-order valence-electron chi connectivity index (χ4n) is 2.97. The zero-order valence-electron chi connectivity index (χ0n) is 12.4. The lowest BCUT2D eigenvalue weighted by Gasteiger charge is -2.31.